The number of Topliss-reactive ketones (excluding diaryl/α,β-unsaturated/α-hetero) is 2. The largest absolute Gasteiger partial charge is 0.491 e. The number of benzene rings is 8. The van der Waals surface area contributed by atoms with Gasteiger partial charge in [-0.1, -0.05) is 263 Å². The van der Waals surface area contributed by atoms with Crippen molar-refractivity contribution >= 4 is 47.9 Å². The number of methoxy groups -OCH3 is 2. The fourth-order valence-corrected chi connectivity index (χ4v) is 24.5. The summed E-state index contributed by atoms with van der Waals surface area (Å²) in [6.07, 6.45) is 21.7. The van der Waals surface area contributed by atoms with Gasteiger partial charge in [0.05, 0.1) is 29.6 Å². The Morgan fingerprint density at radius 1 is 0.351 bits per heavy atom. The van der Waals surface area contributed by atoms with Gasteiger partial charge in [0.2, 0.25) is 0 Å². The number of ketones is 2. The number of carboxylic acids is 1. The lowest BCUT2D eigenvalue weighted by atomic mass is 9.49. The number of hydrogen-bond donors (Lipinski definition) is 5. The summed E-state index contributed by atoms with van der Waals surface area (Å²) in [4.78, 5) is 109. The molecular formula is C124H164O24. The second kappa shape index (κ2) is 57.6. The summed E-state index contributed by atoms with van der Waals surface area (Å²) in [5.41, 5.74) is 19.5. The first kappa shape index (κ1) is 122. The van der Waals surface area contributed by atoms with Gasteiger partial charge < -0.3 is 63.4 Å². The van der Waals surface area contributed by atoms with Crippen molar-refractivity contribution in [3.8, 4) is 23.0 Å². The summed E-state index contributed by atoms with van der Waals surface area (Å²) >= 11 is 0. The number of aryl methyl sites for hydroxylation is 4. The van der Waals surface area contributed by atoms with E-state index in [2.05, 4.69) is 184 Å². The van der Waals surface area contributed by atoms with Crippen molar-refractivity contribution in [1.29, 1.82) is 0 Å². The van der Waals surface area contributed by atoms with E-state index < -0.39 is 41.2 Å². The molecule has 16 rings (SSSR count). The first-order chi connectivity index (χ1) is 70.4. The minimum Gasteiger partial charge on any atom is -0.491 e. The molecule has 8 aliphatic carbocycles. The summed E-state index contributed by atoms with van der Waals surface area (Å²) in [6.45, 7) is 40.1. The fourth-order valence-electron chi connectivity index (χ4n) is 24.5. The molecule has 16 atom stereocenters. The van der Waals surface area contributed by atoms with Crippen LogP contribution >= 0.6 is 0 Å². The van der Waals surface area contributed by atoms with Gasteiger partial charge in [0.1, 0.15) is 87.1 Å². The van der Waals surface area contributed by atoms with Gasteiger partial charge in [-0.25, -0.2) is 4.79 Å². The maximum absolute atomic E-state index is 14.0. The molecule has 4 fully saturated rings. The average Bonchev–Trinajstić information content (AvgIpc) is 0.723. The van der Waals surface area contributed by atoms with E-state index in [0.717, 1.165) is 87.9 Å². The Morgan fingerprint density at radius 2 is 0.642 bits per heavy atom. The van der Waals surface area contributed by atoms with E-state index in [1.165, 1.54) is 123 Å². The van der Waals surface area contributed by atoms with Crippen LogP contribution in [-0.2, 0) is 105 Å². The van der Waals surface area contributed by atoms with E-state index in [0.29, 0.717) is 74.2 Å². The highest BCUT2D eigenvalue weighted by Crippen LogP contribution is 2.61. The van der Waals surface area contributed by atoms with E-state index in [-0.39, 0.29) is 117 Å². The number of aliphatic hydroxyl groups excluding tert-OH is 4. The summed E-state index contributed by atoms with van der Waals surface area (Å²) < 4.78 is 46.4. The van der Waals surface area contributed by atoms with Gasteiger partial charge in [-0.2, -0.15) is 28.8 Å². The van der Waals surface area contributed by atoms with Crippen LogP contribution in [0.3, 0.4) is 0 Å². The molecule has 0 saturated heterocycles. The van der Waals surface area contributed by atoms with E-state index in [1.807, 2.05) is 24.3 Å². The van der Waals surface area contributed by atoms with Crippen molar-refractivity contribution < 1.29 is 116 Å². The predicted molar refractivity (Wildman–Crippen MR) is 568 cm³/mol. The van der Waals surface area contributed by atoms with Crippen molar-refractivity contribution in [3.63, 3.8) is 0 Å². The second-order valence-corrected chi connectivity index (χ2v) is 44.1. The van der Waals surface area contributed by atoms with E-state index in [1.54, 1.807) is 115 Å². The molecule has 148 heavy (non-hydrogen) atoms. The maximum Gasteiger partial charge on any atom is 0.373 e. The van der Waals surface area contributed by atoms with Gasteiger partial charge >= 0.3 is 36.4 Å². The van der Waals surface area contributed by atoms with Gasteiger partial charge in [0.25, 0.3) is 0 Å². The Hall–Kier alpha value is -11.4. The van der Waals surface area contributed by atoms with Crippen molar-refractivity contribution in [2.45, 2.75) is 323 Å². The Bertz CT molecular complexity index is 5370. The van der Waals surface area contributed by atoms with Crippen molar-refractivity contribution in [2.24, 2.45) is 46.3 Å². The highest BCUT2D eigenvalue weighted by atomic mass is 16.6. The average molecular weight is 2040 g/mol. The molecule has 16 unspecified atom stereocenters. The Balaban J connectivity index is 0.000000250. The number of carbonyl (C=O) groups is 5. The molecule has 8 aromatic carbocycles. The SMILES string of the molecule is CC(=O)c1ccc(C(C)=O)cc1.CC(C)c1ccc2c(c1)CCC1C(C)CCCC21C.CC(C)c1ccc2c(c1)CCC1C(C)CCCC21C.COC(COC(=O)C1(C)CCCC2(C)c3ccc(C(C)C)cc3CCC12)COc1cccc(OCC(COC(=O)C2(C)CCCC3(C)c4ccc(C(C)C)cc4CCC23)OC)c1.O=C(O)c1ccccc1.O=C=O.O=C=O.O=C=O.OCC(O)COc1cccc(OCC(O)CO)c1. The smallest absolute Gasteiger partial charge is 0.373 e. The Kier molecular flexibility index (Phi) is 47.4. The molecule has 0 radical (unpaired) electrons. The highest BCUT2D eigenvalue weighted by molar-refractivity contribution is 5.97. The quantitative estimate of drug-likeness (QED) is 0.0215. The number of hydrogen-bond acceptors (Lipinski definition) is 23. The molecule has 8 aromatic rings. The van der Waals surface area contributed by atoms with Crippen molar-refractivity contribution in [3.05, 3.63) is 259 Å². The molecule has 0 heterocycles. The van der Waals surface area contributed by atoms with Crippen LogP contribution < -0.4 is 18.9 Å². The summed E-state index contributed by atoms with van der Waals surface area (Å²) in [5, 5.41) is 43.9. The van der Waals surface area contributed by atoms with Gasteiger partial charge in [0.15, 0.2) is 11.6 Å². The molecule has 0 aliphatic heterocycles. The number of rotatable bonds is 29. The summed E-state index contributed by atoms with van der Waals surface area (Å²) in [7, 11) is 3.23. The van der Waals surface area contributed by atoms with Crippen LogP contribution in [0.25, 0.3) is 0 Å². The van der Waals surface area contributed by atoms with Crippen LogP contribution in [0.15, 0.2) is 176 Å². The molecule has 5 N–H and O–H groups in total. The maximum atomic E-state index is 14.0. The number of ether oxygens (including phenoxy) is 8. The first-order valence-electron chi connectivity index (χ1n) is 53.0. The zero-order valence-electron chi connectivity index (χ0n) is 91.1. The molecule has 0 aromatic heterocycles. The van der Waals surface area contributed by atoms with E-state index in [9.17, 15) is 24.0 Å². The normalized spacial score (nSPS) is 23.9. The topological polar surface area (TPSA) is 363 Å². The third kappa shape index (κ3) is 31.9. The van der Waals surface area contributed by atoms with Crippen molar-refractivity contribution in [2.75, 3.05) is 67.1 Å². The minimum absolute atomic E-state index is 0.0147. The van der Waals surface area contributed by atoms with Gasteiger partial charge in [-0.3, -0.25) is 19.2 Å². The number of aromatic carboxylic acids is 1. The van der Waals surface area contributed by atoms with Crippen LogP contribution in [0, 0.1) is 46.3 Å². The molecule has 804 valence electrons. The van der Waals surface area contributed by atoms with Crippen LogP contribution in [0.4, 0.5) is 0 Å². The standard InChI is InChI=1S/C54H74O8.2C19H28.C12H18O6.C10H10O2.C7H6O2.3CO2/c1-35(2)37-16-20-45-39(28-37)18-22-47-51(45,5)24-12-26-53(47,7)49(55)61-33-43(57-9)31-59-41-14-11-15-42(30-41)60-32-44(58-10)34-62-50(56)54(8)27-13-25-52(6)46-21-17-38(36(3)4)29-40(46)19-23-48(52)54;2*1-13(2)15-7-10-18-16(12-15)8-9-17-14(3)6-5-11-19(17,18)4;13-5-9(15)7-17-11-2-1-3-12(4-11)18-8-10(16)6-14;1-7(11)9-3-5-10(6-4-9)8(2)12;8-7(9)6-4-2-1-3-5-6;3*2-1-3/h11,14-17,20-21,28-30,35-36,43-44,47-48H,12-13,18-19,22-27,31-34H2,1-10H3;2*7,10,12-14,17H,5-6,8-9,11H2,1-4H3;1-4,9-10,13-16H,5-8H2;3-6H,1-2H3;1-5H,(H,8,9);;;. The summed E-state index contributed by atoms with van der Waals surface area (Å²) in [5.74, 6) is 7.44. The van der Waals surface area contributed by atoms with Crippen LogP contribution in [0.2, 0.25) is 0 Å². The highest BCUT2D eigenvalue weighted by Gasteiger charge is 2.58. The predicted octanol–water partition coefficient (Wildman–Crippen LogP) is 23.0. The van der Waals surface area contributed by atoms with Gasteiger partial charge in [0, 0.05) is 37.5 Å². The zero-order chi connectivity index (χ0) is 109. The molecular weight excluding hydrogens is 1870 g/mol. The minimum atomic E-state index is -0.925. The lowest BCUT2D eigenvalue weighted by Crippen LogP contribution is -2.53. The van der Waals surface area contributed by atoms with Gasteiger partial charge in [-0.05, 0) is 302 Å². The van der Waals surface area contributed by atoms with Gasteiger partial charge in [-0.15, -0.1) is 0 Å². The molecule has 0 amide bonds. The van der Waals surface area contributed by atoms with E-state index in [4.69, 9.17) is 92.2 Å². The third-order valence-electron chi connectivity index (χ3n) is 33.0. The fraction of sp³-hybridized carbons (Fsp3) is 0.548. The third-order valence-corrected chi connectivity index (χ3v) is 33.0. The zero-order valence-corrected chi connectivity index (χ0v) is 91.1. The number of carboxylic acid groups (broad SMARTS) is 1. The Labute approximate surface area is 877 Å². The lowest BCUT2D eigenvalue weighted by Gasteiger charge is -2.54. The lowest BCUT2D eigenvalue weighted by molar-refractivity contribution is -0.193. The Morgan fingerprint density at radius 3 is 0.919 bits per heavy atom. The number of aliphatic hydroxyl groups is 4. The number of esters is 2. The monoisotopic (exact) mass is 2040 g/mol. The van der Waals surface area contributed by atoms with Crippen LogP contribution in [0.1, 0.15) is 349 Å². The van der Waals surface area contributed by atoms with Crippen LogP contribution in [0.5, 0.6) is 23.0 Å². The molecule has 8 aliphatic rings. The van der Waals surface area contributed by atoms with E-state index >= 15 is 0 Å². The van der Waals surface area contributed by atoms with Crippen LogP contribution in [-0.4, -0.2) is 165 Å². The first-order valence-corrected chi connectivity index (χ1v) is 53.0. The molecule has 24 nitrogen and oxygen atoms in total. The van der Waals surface area contributed by atoms with Crippen molar-refractivity contribution in [1.82, 2.24) is 0 Å². The molecule has 0 bridgehead atoms. The number of fused-ring (bicyclic) bond motifs is 12. The number of carbonyl (C=O) groups excluding carboxylic acids is 10. The molecule has 24 heteroatoms. The molecule has 0 spiro atoms. The second-order valence-electron chi connectivity index (χ2n) is 44.1. The molecule has 4 saturated carbocycles. The summed E-state index contributed by atoms with van der Waals surface area (Å²) in [6, 6.07) is 57.8.